The molecule has 0 fully saturated rings. The van der Waals surface area contributed by atoms with Crippen LogP contribution in [0.5, 0.6) is 0 Å². The van der Waals surface area contributed by atoms with Gasteiger partial charge in [0.1, 0.15) is 0 Å². The molecule has 0 spiro atoms. The molecule has 0 aliphatic heterocycles. The van der Waals surface area contributed by atoms with E-state index in [4.69, 9.17) is 0 Å². The maximum Gasteiger partial charge on any atom is 0.0404 e. The van der Waals surface area contributed by atoms with Crippen LogP contribution < -0.4 is 5.32 Å². The van der Waals surface area contributed by atoms with Crippen molar-refractivity contribution in [3.05, 3.63) is 30.1 Å². The van der Waals surface area contributed by atoms with Gasteiger partial charge in [-0.25, -0.2) is 0 Å². The molecule has 0 aliphatic carbocycles. The normalized spacial score (nSPS) is 12.1. The summed E-state index contributed by atoms with van der Waals surface area (Å²) in [5.74, 6) is 0. The monoisotopic (exact) mass is 249 g/mol. The van der Waals surface area contributed by atoms with Gasteiger partial charge in [-0.2, -0.15) is 0 Å². The first-order valence-corrected chi connectivity index (χ1v) is 6.81. The molecule has 0 unspecified atom stereocenters. The van der Waals surface area contributed by atoms with Gasteiger partial charge >= 0.3 is 0 Å². The fraction of sp³-hybridized carbons (Fsp3) is 0.667. The topological polar surface area (TPSA) is 28.2 Å². The van der Waals surface area contributed by atoms with Crippen LogP contribution in [0.2, 0.25) is 0 Å². The molecule has 0 saturated carbocycles. The molecule has 3 nitrogen and oxygen atoms in total. The minimum absolute atomic E-state index is 0.217. The summed E-state index contributed by atoms with van der Waals surface area (Å²) >= 11 is 0. The van der Waals surface area contributed by atoms with Crippen molar-refractivity contribution in [2.45, 2.75) is 39.2 Å². The van der Waals surface area contributed by atoms with Gasteiger partial charge in [0.05, 0.1) is 0 Å². The average molecular weight is 249 g/mol. The molecular formula is C15H27N3. The maximum absolute atomic E-state index is 4.34. The van der Waals surface area contributed by atoms with Crippen LogP contribution in [0.1, 0.15) is 32.9 Å². The molecule has 0 radical (unpaired) electrons. The summed E-state index contributed by atoms with van der Waals surface area (Å²) in [6.45, 7) is 9.88. The van der Waals surface area contributed by atoms with Gasteiger partial charge in [0.2, 0.25) is 0 Å². The summed E-state index contributed by atoms with van der Waals surface area (Å²) in [7, 11) is 2.18. The molecule has 0 atom stereocenters. The van der Waals surface area contributed by atoms with Crippen LogP contribution in [0.4, 0.5) is 0 Å². The van der Waals surface area contributed by atoms with Gasteiger partial charge in [0.25, 0.3) is 0 Å². The van der Waals surface area contributed by atoms with E-state index in [1.54, 1.807) is 0 Å². The van der Waals surface area contributed by atoms with Crippen molar-refractivity contribution in [1.29, 1.82) is 0 Å². The van der Waals surface area contributed by atoms with E-state index in [1.807, 2.05) is 12.3 Å². The van der Waals surface area contributed by atoms with E-state index in [2.05, 4.69) is 55.2 Å². The van der Waals surface area contributed by atoms with E-state index in [9.17, 15) is 0 Å². The number of nitrogens with zero attached hydrogens (tertiary/aromatic N) is 2. The Bertz CT molecular complexity index is 316. The van der Waals surface area contributed by atoms with Crippen LogP contribution in [0.25, 0.3) is 0 Å². The predicted octanol–water partition coefficient (Wildman–Crippen LogP) is 2.33. The first kappa shape index (κ1) is 15.1. The number of nitrogens with one attached hydrogen (secondary N) is 1. The van der Waals surface area contributed by atoms with Crippen molar-refractivity contribution >= 4 is 0 Å². The number of rotatable bonds is 7. The van der Waals surface area contributed by atoms with Crippen LogP contribution in [0, 0.1) is 0 Å². The highest BCUT2D eigenvalue weighted by molar-refractivity contribution is 5.03. The van der Waals surface area contributed by atoms with Gasteiger partial charge < -0.3 is 10.2 Å². The highest BCUT2D eigenvalue weighted by Gasteiger charge is 2.08. The van der Waals surface area contributed by atoms with Crippen molar-refractivity contribution in [3.63, 3.8) is 0 Å². The molecule has 102 valence electrons. The summed E-state index contributed by atoms with van der Waals surface area (Å²) < 4.78 is 0. The zero-order valence-corrected chi connectivity index (χ0v) is 12.2. The number of aromatic nitrogens is 1. The Labute approximate surface area is 112 Å². The molecule has 0 saturated heterocycles. The van der Waals surface area contributed by atoms with Crippen LogP contribution in [0.3, 0.4) is 0 Å². The lowest BCUT2D eigenvalue weighted by molar-refractivity contribution is 0.306. The molecule has 1 N–H and O–H groups in total. The molecule has 0 aliphatic rings. The number of likely N-dealkylation sites (N-methyl/N-ethyl adjacent to an activating group) is 1. The lowest BCUT2D eigenvalue weighted by Crippen LogP contribution is -2.40. The van der Waals surface area contributed by atoms with Gasteiger partial charge in [0, 0.05) is 30.5 Å². The standard InChI is InChI=1S/C15H27N3/c1-15(2,3)17-11-13-18(4)12-7-9-14-8-5-6-10-16-14/h5-6,8,10,17H,7,9,11-13H2,1-4H3. The minimum Gasteiger partial charge on any atom is -0.311 e. The minimum atomic E-state index is 0.217. The van der Waals surface area contributed by atoms with Crippen molar-refractivity contribution in [1.82, 2.24) is 15.2 Å². The fourth-order valence-corrected chi connectivity index (χ4v) is 1.81. The van der Waals surface area contributed by atoms with E-state index < -0.39 is 0 Å². The van der Waals surface area contributed by atoms with Crippen LogP contribution in [0.15, 0.2) is 24.4 Å². The fourth-order valence-electron chi connectivity index (χ4n) is 1.81. The Morgan fingerprint density at radius 3 is 2.61 bits per heavy atom. The lowest BCUT2D eigenvalue weighted by Gasteiger charge is -2.23. The highest BCUT2D eigenvalue weighted by atomic mass is 15.1. The van der Waals surface area contributed by atoms with Gasteiger partial charge in [-0.05, 0) is 59.3 Å². The van der Waals surface area contributed by atoms with Crippen molar-refractivity contribution < 1.29 is 0 Å². The Morgan fingerprint density at radius 1 is 1.22 bits per heavy atom. The van der Waals surface area contributed by atoms with E-state index in [0.717, 1.165) is 26.1 Å². The summed E-state index contributed by atoms with van der Waals surface area (Å²) in [6.07, 6.45) is 4.10. The third-order valence-electron chi connectivity index (χ3n) is 2.85. The maximum atomic E-state index is 4.34. The molecule has 3 heteroatoms. The zero-order valence-electron chi connectivity index (χ0n) is 12.2. The zero-order chi connectivity index (χ0) is 13.4. The van der Waals surface area contributed by atoms with Gasteiger partial charge in [-0.1, -0.05) is 6.07 Å². The Morgan fingerprint density at radius 2 is 2.00 bits per heavy atom. The van der Waals surface area contributed by atoms with Crippen LogP contribution in [-0.2, 0) is 6.42 Å². The number of hydrogen-bond acceptors (Lipinski definition) is 3. The second-order valence-electron chi connectivity index (χ2n) is 5.90. The molecule has 1 aromatic rings. The quantitative estimate of drug-likeness (QED) is 0.804. The Hall–Kier alpha value is -0.930. The first-order chi connectivity index (χ1) is 8.47. The average Bonchev–Trinajstić information content (AvgIpc) is 2.28. The van der Waals surface area contributed by atoms with Crippen molar-refractivity contribution in [2.75, 3.05) is 26.7 Å². The van der Waals surface area contributed by atoms with Gasteiger partial charge in [-0.15, -0.1) is 0 Å². The largest absolute Gasteiger partial charge is 0.311 e. The smallest absolute Gasteiger partial charge is 0.0404 e. The molecule has 18 heavy (non-hydrogen) atoms. The van der Waals surface area contributed by atoms with Gasteiger partial charge in [-0.3, -0.25) is 4.98 Å². The summed E-state index contributed by atoms with van der Waals surface area (Å²) in [4.78, 5) is 6.72. The summed E-state index contributed by atoms with van der Waals surface area (Å²) in [5, 5.41) is 3.51. The third-order valence-corrected chi connectivity index (χ3v) is 2.85. The van der Waals surface area contributed by atoms with Gasteiger partial charge in [0.15, 0.2) is 0 Å². The first-order valence-electron chi connectivity index (χ1n) is 6.81. The SMILES string of the molecule is CN(CCCc1ccccn1)CCNC(C)(C)C. The predicted molar refractivity (Wildman–Crippen MR) is 77.8 cm³/mol. The number of pyridine rings is 1. The van der Waals surface area contributed by atoms with Crippen molar-refractivity contribution in [3.8, 4) is 0 Å². The third kappa shape index (κ3) is 7.41. The number of aryl methyl sites for hydroxylation is 1. The van der Waals surface area contributed by atoms with Crippen molar-refractivity contribution in [2.24, 2.45) is 0 Å². The summed E-state index contributed by atoms with van der Waals surface area (Å²) in [5.41, 5.74) is 1.41. The second kappa shape index (κ2) is 7.49. The molecule has 0 amide bonds. The summed E-state index contributed by atoms with van der Waals surface area (Å²) in [6, 6.07) is 6.12. The number of hydrogen-bond donors (Lipinski definition) is 1. The Balaban J connectivity index is 2.09. The lowest BCUT2D eigenvalue weighted by atomic mass is 10.1. The molecule has 0 bridgehead atoms. The highest BCUT2D eigenvalue weighted by Crippen LogP contribution is 2.00. The second-order valence-corrected chi connectivity index (χ2v) is 5.90. The van der Waals surface area contributed by atoms with E-state index >= 15 is 0 Å². The van der Waals surface area contributed by atoms with E-state index in [0.29, 0.717) is 0 Å². The van der Waals surface area contributed by atoms with E-state index in [1.165, 1.54) is 12.1 Å². The van der Waals surface area contributed by atoms with Crippen LogP contribution >= 0.6 is 0 Å². The molecule has 1 aromatic heterocycles. The van der Waals surface area contributed by atoms with E-state index in [-0.39, 0.29) is 5.54 Å². The Kier molecular flexibility index (Phi) is 6.30. The molecule has 0 aromatic carbocycles. The molecular weight excluding hydrogens is 222 g/mol. The molecule has 1 rings (SSSR count). The van der Waals surface area contributed by atoms with Crippen LogP contribution in [-0.4, -0.2) is 42.1 Å². The molecule has 1 heterocycles.